The van der Waals surface area contributed by atoms with Crippen LogP contribution >= 0.6 is 46.4 Å². The third kappa shape index (κ3) is 6.61. The van der Waals surface area contributed by atoms with Gasteiger partial charge in [-0.2, -0.15) is 5.10 Å². The number of hydrogen-bond donors (Lipinski definition) is 2. The van der Waals surface area contributed by atoms with Crippen molar-refractivity contribution in [1.82, 2.24) is 5.43 Å². The molecule has 0 aromatic heterocycles. The van der Waals surface area contributed by atoms with Gasteiger partial charge < -0.3 is 10.1 Å². The van der Waals surface area contributed by atoms with Gasteiger partial charge in [-0.3, -0.25) is 9.59 Å². The highest BCUT2D eigenvalue weighted by Gasteiger charge is 2.12. The zero-order valence-corrected chi connectivity index (χ0v) is 19.3. The Hall–Kier alpha value is -2.77. The molecule has 10 heteroatoms. The van der Waals surface area contributed by atoms with Crippen molar-refractivity contribution in [2.45, 2.75) is 0 Å². The lowest BCUT2D eigenvalue weighted by Gasteiger charge is -2.11. The molecule has 0 bridgehead atoms. The molecule has 32 heavy (non-hydrogen) atoms. The minimum Gasteiger partial charge on any atom is -0.481 e. The summed E-state index contributed by atoms with van der Waals surface area (Å²) in [6.07, 6.45) is 1.39. The molecule has 0 atom stereocenters. The van der Waals surface area contributed by atoms with E-state index in [1.165, 1.54) is 24.4 Å². The molecule has 6 nitrogen and oxygen atoms in total. The summed E-state index contributed by atoms with van der Waals surface area (Å²) in [5.41, 5.74) is 3.89. The van der Waals surface area contributed by atoms with Crippen LogP contribution in [0.25, 0.3) is 0 Å². The van der Waals surface area contributed by atoms with Crippen LogP contribution in [-0.4, -0.2) is 24.6 Å². The summed E-state index contributed by atoms with van der Waals surface area (Å²) in [6.45, 7) is -0.333. The van der Waals surface area contributed by atoms with E-state index in [4.69, 9.17) is 51.1 Å². The van der Waals surface area contributed by atoms with Crippen molar-refractivity contribution in [3.05, 3.63) is 91.9 Å². The summed E-state index contributed by atoms with van der Waals surface area (Å²) >= 11 is 24.2. The maximum absolute atomic E-state index is 12.1. The van der Waals surface area contributed by atoms with Gasteiger partial charge in [-0.1, -0.05) is 64.6 Å². The molecule has 0 aliphatic carbocycles. The minimum absolute atomic E-state index is 0.142. The second kappa shape index (κ2) is 11.2. The minimum atomic E-state index is -0.440. The molecule has 0 radical (unpaired) electrons. The number of carbonyl (C=O) groups excluding carboxylic acids is 2. The lowest BCUT2D eigenvalue weighted by atomic mass is 10.2. The van der Waals surface area contributed by atoms with Crippen LogP contribution in [0.2, 0.25) is 20.1 Å². The fraction of sp³-hybridized carbons (Fsp3) is 0.0455. The predicted octanol–water partition coefficient (Wildman–Crippen LogP) is 6.08. The van der Waals surface area contributed by atoms with Gasteiger partial charge in [-0.25, -0.2) is 5.43 Å². The lowest BCUT2D eigenvalue weighted by Crippen LogP contribution is -2.20. The predicted molar refractivity (Wildman–Crippen MR) is 129 cm³/mol. The standard InChI is InChI=1S/C22H15Cl4N3O3/c23-16-7-6-15(10-17(16)24)28-20(30)12-32-21-18(25)8-13(9-19(21)26)11-27-29-22(31)14-4-2-1-3-5-14/h1-11H,12H2,(H,28,30)(H,29,31)/b27-11+. The Morgan fingerprint density at radius 1 is 0.875 bits per heavy atom. The summed E-state index contributed by atoms with van der Waals surface area (Å²) in [6, 6.07) is 16.4. The number of nitrogens with zero attached hydrogens (tertiary/aromatic N) is 1. The number of ether oxygens (including phenoxy) is 1. The molecule has 3 aromatic rings. The van der Waals surface area contributed by atoms with Crippen molar-refractivity contribution in [2.75, 3.05) is 11.9 Å². The van der Waals surface area contributed by atoms with Gasteiger partial charge in [0.2, 0.25) is 0 Å². The molecule has 164 valence electrons. The first-order valence-electron chi connectivity index (χ1n) is 9.08. The van der Waals surface area contributed by atoms with Crippen LogP contribution in [0.15, 0.2) is 65.8 Å². The Balaban J connectivity index is 1.58. The highest BCUT2D eigenvalue weighted by atomic mass is 35.5. The highest BCUT2D eigenvalue weighted by Crippen LogP contribution is 2.34. The molecule has 3 rings (SSSR count). The van der Waals surface area contributed by atoms with Crippen LogP contribution < -0.4 is 15.5 Å². The topological polar surface area (TPSA) is 79.8 Å². The van der Waals surface area contributed by atoms with E-state index in [0.29, 0.717) is 26.9 Å². The van der Waals surface area contributed by atoms with Crippen LogP contribution in [0.5, 0.6) is 5.75 Å². The second-order valence-corrected chi connectivity index (χ2v) is 7.97. The molecule has 0 fully saturated rings. The summed E-state index contributed by atoms with van der Waals surface area (Å²) in [5.74, 6) is -0.653. The van der Waals surface area contributed by atoms with Crippen LogP contribution in [0.4, 0.5) is 5.69 Å². The van der Waals surface area contributed by atoms with E-state index >= 15 is 0 Å². The SMILES string of the molecule is O=C(COc1c(Cl)cc(/C=N/NC(=O)c2ccccc2)cc1Cl)Nc1ccc(Cl)c(Cl)c1. The van der Waals surface area contributed by atoms with Crippen molar-refractivity contribution < 1.29 is 14.3 Å². The number of hydrogen-bond acceptors (Lipinski definition) is 4. The van der Waals surface area contributed by atoms with Gasteiger partial charge in [-0.05, 0) is 48.0 Å². The van der Waals surface area contributed by atoms with E-state index in [-0.39, 0.29) is 28.3 Å². The zero-order valence-electron chi connectivity index (χ0n) is 16.2. The number of anilines is 1. The largest absolute Gasteiger partial charge is 0.481 e. The lowest BCUT2D eigenvalue weighted by molar-refractivity contribution is -0.118. The maximum atomic E-state index is 12.1. The normalized spacial score (nSPS) is 10.8. The summed E-state index contributed by atoms with van der Waals surface area (Å²) in [4.78, 5) is 24.1. The Bertz CT molecular complexity index is 1150. The van der Waals surface area contributed by atoms with Gasteiger partial charge >= 0.3 is 0 Å². The van der Waals surface area contributed by atoms with Gasteiger partial charge in [0.1, 0.15) is 0 Å². The van der Waals surface area contributed by atoms with Crippen molar-refractivity contribution in [3.63, 3.8) is 0 Å². The first kappa shape index (κ1) is 23.9. The third-order valence-electron chi connectivity index (χ3n) is 3.99. The number of hydrazone groups is 1. The zero-order chi connectivity index (χ0) is 23.1. The molecule has 2 N–H and O–H groups in total. The van der Waals surface area contributed by atoms with Crippen LogP contribution in [0.3, 0.4) is 0 Å². The third-order valence-corrected chi connectivity index (χ3v) is 5.29. The number of amides is 2. The van der Waals surface area contributed by atoms with Gasteiger partial charge in [0.05, 0.1) is 26.3 Å². The molecule has 0 aliphatic heterocycles. The number of nitrogens with one attached hydrogen (secondary N) is 2. The number of rotatable bonds is 7. The Morgan fingerprint density at radius 2 is 1.56 bits per heavy atom. The molecule has 3 aromatic carbocycles. The Kier molecular flexibility index (Phi) is 8.36. The molecule has 0 unspecified atom stereocenters. The number of halogens is 4. The molecule has 0 heterocycles. The van der Waals surface area contributed by atoms with E-state index in [0.717, 1.165) is 0 Å². The monoisotopic (exact) mass is 509 g/mol. The van der Waals surface area contributed by atoms with Gasteiger partial charge in [0, 0.05) is 11.3 Å². The molecule has 0 saturated heterocycles. The fourth-order valence-electron chi connectivity index (χ4n) is 2.52. The number of benzene rings is 3. The van der Waals surface area contributed by atoms with E-state index in [1.807, 2.05) is 6.07 Å². The first-order valence-corrected chi connectivity index (χ1v) is 10.6. The smallest absolute Gasteiger partial charge is 0.271 e. The van der Waals surface area contributed by atoms with Crippen molar-refractivity contribution in [2.24, 2.45) is 5.10 Å². The fourth-order valence-corrected chi connectivity index (χ4v) is 3.43. The van der Waals surface area contributed by atoms with Gasteiger partial charge in [0.25, 0.3) is 11.8 Å². The molecule has 0 saturated carbocycles. The van der Waals surface area contributed by atoms with Crippen molar-refractivity contribution in [1.29, 1.82) is 0 Å². The molecule has 0 spiro atoms. The van der Waals surface area contributed by atoms with E-state index in [2.05, 4.69) is 15.8 Å². The maximum Gasteiger partial charge on any atom is 0.271 e. The highest BCUT2D eigenvalue weighted by molar-refractivity contribution is 6.42. The Morgan fingerprint density at radius 3 is 2.22 bits per heavy atom. The first-order chi connectivity index (χ1) is 15.3. The van der Waals surface area contributed by atoms with Crippen LogP contribution in [0, 0.1) is 0 Å². The van der Waals surface area contributed by atoms with E-state index < -0.39 is 5.91 Å². The van der Waals surface area contributed by atoms with Gasteiger partial charge in [-0.15, -0.1) is 0 Å². The van der Waals surface area contributed by atoms with E-state index in [9.17, 15) is 9.59 Å². The average Bonchev–Trinajstić information content (AvgIpc) is 2.76. The summed E-state index contributed by atoms with van der Waals surface area (Å²) in [5, 5.41) is 7.57. The van der Waals surface area contributed by atoms with E-state index in [1.54, 1.807) is 36.4 Å². The van der Waals surface area contributed by atoms with Crippen LogP contribution in [0.1, 0.15) is 15.9 Å². The molecule has 2 amide bonds. The summed E-state index contributed by atoms with van der Waals surface area (Å²) < 4.78 is 5.46. The van der Waals surface area contributed by atoms with Crippen molar-refractivity contribution in [3.8, 4) is 5.75 Å². The molecule has 0 aliphatic rings. The average molecular weight is 511 g/mol. The second-order valence-electron chi connectivity index (χ2n) is 6.34. The summed E-state index contributed by atoms with van der Waals surface area (Å²) in [7, 11) is 0. The molecular formula is C22H15Cl4N3O3. The quantitative estimate of drug-likeness (QED) is 0.298. The number of carbonyl (C=O) groups is 2. The van der Waals surface area contributed by atoms with Gasteiger partial charge in [0.15, 0.2) is 12.4 Å². The van der Waals surface area contributed by atoms with Crippen molar-refractivity contribution >= 4 is 70.1 Å². The molecular weight excluding hydrogens is 496 g/mol. The van der Waals surface area contributed by atoms with Crippen LogP contribution in [-0.2, 0) is 4.79 Å². The Labute approximate surface area is 204 Å².